The molecule has 8 heteroatoms. The van der Waals surface area contributed by atoms with Crippen LogP contribution < -0.4 is 61.9 Å². The molecule has 1 aromatic carbocycles. The van der Waals surface area contributed by atoms with E-state index < -0.39 is 19.4 Å². The van der Waals surface area contributed by atoms with Gasteiger partial charge in [0, 0.05) is 5.56 Å². The number of halogens is 3. The molecule has 0 saturated heterocycles. The van der Waals surface area contributed by atoms with Crippen molar-refractivity contribution in [2.24, 2.45) is 5.73 Å². The van der Waals surface area contributed by atoms with Crippen LogP contribution in [0.15, 0.2) is 12.1 Å². The maximum atomic E-state index is 12.1. The van der Waals surface area contributed by atoms with Crippen molar-refractivity contribution in [2.75, 3.05) is 6.51 Å². The second-order valence-corrected chi connectivity index (χ2v) is 3.82. The minimum Gasteiger partial charge on any atom is -0.521 e. The van der Waals surface area contributed by atoms with E-state index in [-0.39, 0.29) is 62.7 Å². The average molecular weight is 285 g/mol. The summed E-state index contributed by atoms with van der Waals surface area (Å²) in [7, 11) is 0. The van der Waals surface area contributed by atoms with Gasteiger partial charge in [-0.1, -0.05) is 0 Å². The number of nitrogens with two attached hydrogens (primary N) is 1. The summed E-state index contributed by atoms with van der Waals surface area (Å²) < 4.78 is 40.9. The molecule has 3 nitrogen and oxygen atoms in total. The van der Waals surface area contributed by atoms with Crippen LogP contribution in [0, 0.1) is 13.8 Å². The standard InChI is InChI=1S/C10H12BF3NO2.K/c1-6-3-8(10(15)16)4-7(2)9(6)17-5-11(12,13)14;/h3-4H,5H2,1-2H3,(H2,15,16);/q-1;+1. The summed E-state index contributed by atoms with van der Waals surface area (Å²) in [6.45, 7) is -3.15. The zero-order chi connectivity index (χ0) is 13.2. The summed E-state index contributed by atoms with van der Waals surface area (Å²) in [6, 6.07) is 2.82. The number of rotatable bonds is 4. The molecule has 0 radical (unpaired) electrons. The maximum Gasteiger partial charge on any atom is 1.00 e. The van der Waals surface area contributed by atoms with E-state index in [2.05, 4.69) is 0 Å². The van der Waals surface area contributed by atoms with Gasteiger partial charge in [-0.05, 0) is 37.1 Å². The summed E-state index contributed by atoms with van der Waals surface area (Å²) in [5.74, 6) is -0.475. The molecule has 0 aliphatic heterocycles. The second kappa shape index (κ2) is 6.95. The topological polar surface area (TPSA) is 52.3 Å². The molecule has 0 spiro atoms. The molecule has 1 rings (SSSR count). The molecule has 0 bridgehead atoms. The number of hydrogen-bond acceptors (Lipinski definition) is 2. The van der Waals surface area contributed by atoms with Crippen LogP contribution in [0.25, 0.3) is 0 Å². The molecular weight excluding hydrogens is 273 g/mol. The number of amides is 1. The normalized spacial score (nSPS) is 10.7. The van der Waals surface area contributed by atoms with Crippen LogP contribution in [-0.4, -0.2) is 19.4 Å². The largest absolute Gasteiger partial charge is 1.00 e. The minimum absolute atomic E-state index is 0. The number of benzene rings is 1. The van der Waals surface area contributed by atoms with Gasteiger partial charge in [-0.25, -0.2) is 0 Å². The molecule has 0 aliphatic rings. The van der Waals surface area contributed by atoms with E-state index >= 15 is 0 Å². The zero-order valence-corrected chi connectivity index (χ0v) is 13.6. The van der Waals surface area contributed by atoms with Crippen LogP contribution in [0.1, 0.15) is 21.5 Å². The molecule has 94 valence electrons. The monoisotopic (exact) mass is 285 g/mol. The quantitative estimate of drug-likeness (QED) is 0.734. The van der Waals surface area contributed by atoms with Crippen LogP contribution in [0.5, 0.6) is 5.75 Å². The fraction of sp³-hybridized carbons (Fsp3) is 0.300. The Morgan fingerprint density at radius 3 is 2.06 bits per heavy atom. The van der Waals surface area contributed by atoms with E-state index in [1.54, 1.807) is 13.8 Å². The van der Waals surface area contributed by atoms with E-state index in [0.29, 0.717) is 11.1 Å². The van der Waals surface area contributed by atoms with Crippen LogP contribution in [0.3, 0.4) is 0 Å². The Labute approximate surface area is 146 Å². The van der Waals surface area contributed by atoms with Crippen LogP contribution in [0.2, 0.25) is 0 Å². The molecule has 1 amide bonds. The molecule has 0 unspecified atom stereocenters. The van der Waals surface area contributed by atoms with Gasteiger partial charge in [0.15, 0.2) is 0 Å². The van der Waals surface area contributed by atoms with Crippen molar-refractivity contribution < 1.29 is 73.9 Å². The van der Waals surface area contributed by atoms with Gasteiger partial charge in [0.1, 0.15) is 5.75 Å². The van der Waals surface area contributed by atoms with Gasteiger partial charge in [0.2, 0.25) is 5.91 Å². The SMILES string of the molecule is Cc1cc(C(N)=O)cc(C)c1OC[B-](F)(F)F.[K+]. The van der Waals surface area contributed by atoms with E-state index in [0.717, 1.165) is 0 Å². The Hall–Kier alpha value is -0.0187. The van der Waals surface area contributed by atoms with Gasteiger partial charge >= 0.3 is 58.4 Å². The molecule has 0 aromatic heterocycles. The summed E-state index contributed by atoms with van der Waals surface area (Å²) in [5, 5.41) is 0. The van der Waals surface area contributed by atoms with Gasteiger partial charge < -0.3 is 23.4 Å². The summed E-state index contributed by atoms with van der Waals surface area (Å²) in [5.41, 5.74) is 6.26. The smallest absolute Gasteiger partial charge is 0.521 e. The van der Waals surface area contributed by atoms with Gasteiger partial charge in [0.25, 0.3) is 0 Å². The van der Waals surface area contributed by atoms with Gasteiger partial charge in [0.05, 0.1) is 6.51 Å². The predicted octanol–water partition coefficient (Wildman–Crippen LogP) is -0.828. The van der Waals surface area contributed by atoms with E-state index in [9.17, 15) is 17.7 Å². The summed E-state index contributed by atoms with van der Waals surface area (Å²) in [4.78, 5) is 10.9. The molecule has 2 N–H and O–H groups in total. The number of carbonyl (C=O) groups excluding carboxylic acids is 1. The number of hydrogen-bond donors (Lipinski definition) is 1. The fourth-order valence-corrected chi connectivity index (χ4v) is 1.50. The first-order valence-electron chi connectivity index (χ1n) is 4.95. The average Bonchev–Trinajstić information content (AvgIpc) is 2.14. The third-order valence-corrected chi connectivity index (χ3v) is 2.16. The van der Waals surface area contributed by atoms with E-state index in [1.165, 1.54) is 12.1 Å². The molecule has 0 atom stereocenters. The van der Waals surface area contributed by atoms with Crippen LogP contribution in [0.4, 0.5) is 12.9 Å². The first-order chi connectivity index (χ1) is 7.70. The van der Waals surface area contributed by atoms with Crippen molar-refractivity contribution in [3.8, 4) is 5.75 Å². The molecule has 0 fully saturated rings. The Bertz CT molecular complexity index is 428. The van der Waals surface area contributed by atoms with Crippen molar-refractivity contribution in [1.82, 2.24) is 0 Å². The first-order valence-corrected chi connectivity index (χ1v) is 4.95. The molecular formula is C10H12BF3KNO2. The predicted molar refractivity (Wildman–Crippen MR) is 59.0 cm³/mol. The molecule has 0 saturated carbocycles. The minimum atomic E-state index is -4.99. The van der Waals surface area contributed by atoms with Crippen molar-refractivity contribution in [2.45, 2.75) is 13.8 Å². The van der Waals surface area contributed by atoms with E-state index in [4.69, 9.17) is 10.5 Å². The third-order valence-electron chi connectivity index (χ3n) is 2.16. The molecule has 0 heterocycles. The summed E-state index contributed by atoms with van der Waals surface area (Å²) >= 11 is 0. The fourth-order valence-electron chi connectivity index (χ4n) is 1.50. The second-order valence-electron chi connectivity index (χ2n) is 3.82. The van der Waals surface area contributed by atoms with Crippen molar-refractivity contribution in [3.63, 3.8) is 0 Å². The zero-order valence-electron chi connectivity index (χ0n) is 10.5. The van der Waals surface area contributed by atoms with Crippen LogP contribution in [-0.2, 0) is 0 Å². The Balaban J connectivity index is 0.00000289. The van der Waals surface area contributed by atoms with Crippen molar-refractivity contribution in [1.29, 1.82) is 0 Å². The number of ether oxygens (including phenoxy) is 1. The molecule has 0 aliphatic carbocycles. The Kier molecular flexibility index (Phi) is 6.94. The van der Waals surface area contributed by atoms with Crippen molar-refractivity contribution in [3.05, 3.63) is 28.8 Å². The summed E-state index contributed by atoms with van der Waals surface area (Å²) in [6.07, 6.45) is 0. The number of primary amides is 1. The number of carbonyl (C=O) groups is 1. The first kappa shape index (κ1) is 18.0. The van der Waals surface area contributed by atoms with Crippen LogP contribution >= 0.6 is 0 Å². The number of aryl methyl sites for hydroxylation is 2. The van der Waals surface area contributed by atoms with E-state index in [1.807, 2.05) is 0 Å². The Morgan fingerprint density at radius 1 is 1.28 bits per heavy atom. The van der Waals surface area contributed by atoms with Gasteiger partial charge in [-0.2, -0.15) is 0 Å². The van der Waals surface area contributed by atoms with Gasteiger partial charge in [-0.3, -0.25) is 4.79 Å². The maximum absolute atomic E-state index is 12.1. The molecule has 18 heavy (non-hydrogen) atoms. The van der Waals surface area contributed by atoms with Gasteiger partial charge in [-0.15, -0.1) is 0 Å². The Morgan fingerprint density at radius 2 is 1.72 bits per heavy atom. The molecule has 1 aromatic rings. The third kappa shape index (κ3) is 5.31. The van der Waals surface area contributed by atoms with Crippen molar-refractivity contribution >= 4 is 12.9 Å².